The van der Waals surface area contributed by atoms with Gasteiger partial charge in [0.15, 0.2) is 5.82 Å². The molecule has 3 rings (SSSR count). The fourth-order valence-electron chi connectivity index (χ4n) is 2.40. The van der Waals surface area contributed by atoms with Crippen LogP contribution in [0.15, 0.2) is 4.52 Å². The maximum Gasteiger partial charge on any atom is 0.252 e. The Morgan fingerprint density at radius 3 is 2.90 bits per heavy atom. The van der Waals surface area contributed by atoms with Gasteiger partial charge in [0.25, 0.3) is 5.89 Å². The number of rotatable bonds is 5. The van der Waals surface area contributed by atoms with Crippen LogP contribution in [0.25, 0.3) is 0 Å². The first-order valence-corrected chi connectivity index (χ1v) is 9.20. The van der Waals surface area contributed by atoms with E-state index >= 15 is 0 Å². The van der Waals surface area contributed by atoms with E-state index in [0.29, 0.717) is 23.0 Å². The number of aromatic nitrogens is 2. The number of nitrogens with one attached hydrogen (secondary N) is 1. The molecule has 0 saturated carbocycles. The van der Waals surface area contributed by atoms with Gasteiger partial charge in [0.05, 0.1) is 10.9 Å². The zero-order chi connectivity index (χ0) is 14.0. The summed E-state index contributed by atoms with van der Waals surface area (Å²) < 4.78 is 11.2. The molecule has 7 heteroatoms. The summed E-state index contributed by atoms with van der Waals surface area (Å²) in [6.45, 7) is 6.52. The van der Waals surface area contributed by atoms with E-state index in [1.807, 2.05) is 23.5 Å². The van der Waals surface area contributed by atoms with Gasteiger partial charge in [-0.25, -0.2) is 0 Å². The summed E-state index contributed by atoms with van der Waals surface area (Å²) in [7, 11) is 0. The average molecular weight is 315 g/mol. The van der Waals surface area contributed by atoms with Crippen LogP contribution in [-0.2, 0) is 11.3 Å². The Morgan fingerprint density at radius 2 is 2.20 bits per heavy atom. The fourth-order valence-corrected chi connectivity index (χ4v) is 5.38. The summed E-state index contributed by atoms with van der Waals surface area (Å²) in [5, 5.41) is 8.33. The third-order valence-corrected chi connectivity index (χ3v) is 6.98. The quantitative estimate of drug-likeness (QED) is 0.894. The molecule has 2 aliphatic heterocycles. The molecule has 2 aliphatic rings. The van der Waals surface area contributed by atoms with Gasteiger partial charge in [0, 0.05) is 29.8 Å². The normalized spacial score (nSPS) is 29.1. The molecule has 3 heterocycles. The fraction of sp³-hybridized carbons (Fsp3) is 0.846. The second-order valence-electron chi connectivity index (χ2n) is 5.50. The Kier molecular flexibility index (Phi) is 4.59. The molecule has 20 heavy (non-hydrogen) atoms. The number of nitrogens with zero attached hydrogens (tertiary/aromatic N) is 2. The van der Waals surface area contributed by atoms with Crippen molar-refractivity contribution in [3.8, 4) is 0 Å². The molecule has 2 fully saturated rings. The topological polar surface area (TPSA) is 60.2 Å². The van der Waals surface area contributed by atoms with Crippen LogP contribution in [0.5, 0.6) is 0 Å². The zero-order valence-electron chi connectivity index (χ0n) is 11.9. The van der Waals surface area contributed by atoms with Crippen LogP contribution < -0.4 is 5.32 Å². The summed E-state index contributed by atoms with van der Waals surface area (Å²) in [5.74, 6) is 3.82. The summed E-state index contributed by atoms with van der Waals surface area (Å²) in [5.41, 5.74) is -0.0734. The lowest BCUT2D eigenvalue weighted by molar-refractivity contribution is -0.0841. The molecule has 2 atom stereocenters. The van der Waals surface area contributed by atoms with Crippen molar-refractivity contribution in [1.29, 1.82) is 0 Å². The number of ether oxygens (including phenoxy) is 1. The van der Waals surface area contributed by atoms with Crippen molar-refractivity contribution in [2.45, 2.75) is 43.0 Å². The molecule has 0 bridgehead atoms. The van der Waals surface area contributed by atoms with Crippen LogP contribution in [-0.4, -0.2) is 45.6 Å². The van der Waals surface area contributed by atoms with Crippen molar-refractivity contribution in [2.75, 3.05) is 24.6 Å². The highest BCUT2D eigenvalue weighted by molar-refractivity contribution is 8.06. The second-order valence-corrected chi connectivity index (χ2v) is 8.09. The number of thioether (sulfide) groups is 2. The Morgan fingerprint density at radius 1 is 1.40 bits per heavy atom. The molecule has 1 aromatic heterocycles. The molecule has 0 aromatic carbocycles. The van der Waals surface area contributed by atoms with Gasteiger partial charge in [-0.15, -0.1) is 11.8 Å². The third kappa shape index (κ3) is 3.16. The predicted octanol–water partition coefficient (Wildman–Crippen LogP) is 2.25. The molecule has 0 spiro atoms. The summed E-state index contributed by atoms with van der Waals surface area (Å²) in [6.07, 6.45) is 1.15. The van der Waals surface area contributed by atoms with E-state index in [-0.39, 0.29) is 5.60 Å². The average Bonchev–Trinajstić information content (AvgIpc) is 2.92. The van der Waals surface area contributed by atoms with Crippen LogP contribution in [0.3, 0.4) is 0 Å². The standard InChI is InChI=1S/C13H21N3O2S2/c1-3-9-11(20-5-4-19-9)12-15-10(18-16-12)6-17-13(2)7-14-8-13/h9,11,14H,3-8H2,1-2H3. The molecule has 1 N–H and O–H groups in total. The number of hydrogen-bond acceptors (Lipinski definition) is 7. The van der Waals surface area contributed by atoms with Gasteiger partial charge in [-0.1, -0.05) is 12.1 Å². The van der Waals surface area contributed by atoms with Crippen LogP contribution >= 0.6 is 23.5 Å². The van der Waals surface area contributed by atoms with Crippen molar-refractivity contribution >= 4 is 23.5 Å². The SMILES string of the molecule is CCC1SCCSC1c1noc(COC2(C)CNC2)n1. The third-order valence-electron chi connectivity index (χ3n) is 3.73. The molecular weight excluding hydrogens is 294 g/mol. The molecule has 5 nitrogen and oxygen atoms in total. The highest BCUT2D eigenvalue weighted by Crippen LogP contribution is 2.42. The second kappa shape index (κ2) is 6.25. The van der Waals surface area contributed by atoms with Crippen LogP contribution in [0, 0.1) is 0 Å². The molecule has 2 saturated heterocycles. The van der Waals surface area contributed by atoms with Crippen molar-refractivity contribution in [2.24, 2.45) is 0 Å². The molecule has 2 unspecified atom stereocenters. The Labute approximate surface area is 128 Å². The molecule has 0 amide bonds. The molecule has 0 aliphatic carbocycles. The molecule has 0 radical (unpaired) electrons. The maximum atomic E-state index is 5.83. The van der Waals surface area contributed by atoms with E-state index in [9.17, 15) is 0 Å². The maximum absolute atomic E-state index is 5.83. The van der Waals surface area contributed by atoms with Crippen LogP contribution in [0.2, 0.25) is 0 Å². The Bertz CT molecular complexity index is 451. The van der Waals surface area contributed by atoms with Gasteiger partial charge in [0.1, 0.15) is 6.61 Å². The van der Waals surface area contributed by atoms with E-state index in [1.54, 1.807) is 0 Å². The predicted molar refractivity (Wildman–Crippen MR) is 82.1 cm³/mol. The van der Waals surface area contributed by atoms with Gasteiger partial charge >= 0.3 is 0 Å². The van der Waals surface area contributed by atoms with Crippen molar-refractivity contribution < 1.29 is 9.26 Å². The van der Waals surface area contributed by atoms with Crippen molar-refractivity contribution in [3.63, 3.8) is 0 Å². The first-order valence-electron chi connectivity index (χ1n) is 7.10. The minimum absolute atomic E-state index is 0.0734. The zero-order valence-corrected chi connectivity index (χ0v) is 13.6. The van der Waals surface area contributed by atoms with Gasteiger partial charge < -0.3 is 14.6 Å². The Hall–Kier alpha value is -0.240. The van der Waals surface area contributed by atoms with E-state index < -0.39 is 0 Å². The van der Waals surface area contributed by atoms with E-state index in [0.717, 1.165) is 31.1 Å². The van der Waals surface area contributed by atoms with Gasteiger partial charge in [0.2, 0.25) is 0 Å². The van der Waals surface area contributed by atoms with Crippen molar-refractivity contribution in [1.82, 2.24) is 15.5 Å². The highest BCUT2D eigenvalue weighted by Gasteiger charge is 2.34. The lowest BCUT2D eigenvalue weighted by Crippen LogP contribution is -2.58. The first-order chi connectivity index (χ1) is 9.70. The first kappa shape index (κ1) is 14.7. The largest absolute Gasteiger partial charge is 0.363 e. The minimum atomic E-state index is -0.0734. The van der Waals surface area contributed by atoms with Crippen molar-refractivity contribution in [3.05, 3.63) is 11.7 Å². The van der Waals surface area contributed by atoms with E-state index in [2.05, 4.69) is 29.3 Å². The molecule has 112 valence electrons. The van der Waals surface area contributed by atoms with E-state index in [4.69, 9.17) is 9.26 Å². The van der Waals surface area contributed by atoms with Crippen LogP contribution in [0.1, 0.15) is 37.2 Å². The lowest BCUT2D eigenvalue weighted by Gasteiger charge is -2.38. The number of hydrogen-bond donors (Lipinski definition) is 1. The summed E-state index contributed by atoms with van der Waals surface area (Å²) >= 11 is 3.97. The smallest absolute Gasteiger partial charge is 0.252 e. The van der Waals surface area contributed by atoms with Gasteiger partial charge in [-0.2, -0.15) is 16.7 Å². The Balaban J connectivity index is 1.60. The van der Waals surface area contributed by atoms with Crippen LogP contribution in [0.4, 0.5) is 0 Å². The summed E-state index contributed by atoms with van der Waals surface area (Å²) in [6, 6.07) is 0. The lowest BCUT2D eigenvalue weighted by atomic mass is 10.0. The monoisotopic (exact) mass is 315 g/mol. The molecular formula is C13H21N3O2S2. The molecule has 1 aromatic rings. The van der Waals surface area contributed by atoms with Gasteiger partial charge in [-0.3, -0.25) is 0 Å². The summed E-state index contributed by atoms with van der Waals surface area (Å²) in [4.78, 5) is 4.54. The van der Waals surface area contributed by atoms with E-state index in [1.165, 1.54) is 5.75 Å². The minimum Gasteiger partial charge on any atom is -0.363 e. The highest BCUT2D eigenvalue weighted by atomic mass is 32.2. The van der Waals surface area contributed by atoms with Gasteiger partial charge in [-0.05, 0) is 13.3 Å².